The van der Waals surface area contributed by atoms with Crippen molar-refractivity contribution in [2.75, 3.05) is 0 Å². The van der Waals surface area contributed by atoms with Crippen LogP contribution in [0.4, 0.5) is 8.78 Å². The molecular weight excluding hydrogens is 256 g/mol. The van der Waals surface area contributed by atoms with Gasteiger partial charge in [0.25, 0.3) is 0 Å². The average molecular weight is 271 g/mol. The Kier molecular flexibility index (Phi) is 4.97. The smallest absolute Gasteiger partial charge is 0.326 e. The number of carbonyl (C=O) groups is 2. The highest BCUT2D eigenvalue weighted by atomic mass is 19.1. The van der Waals surface area contributed by atoms with Gasteiger partial charge in [-0.15, -0.1) is 0 Å². The first-order chi connectivity index (χ1) is 8.81. The standard InChI is InChI=1S/C13H15F2NO3/c1-7(2)12(13(18)19)16-11(17)5-8-3-4-9(14)6-10(8)15/h3-4,6-7,12H,5H2,1-2H3,(H,16,17)(H,18,19)/t12-/m1/s1. The number of nitrogens with one attached hydrogen (secondary N) is 1. The molecule has 19 heavy (non-hydrogen) atoms. The molecule has 0 aliphatic heterocycles. The van der Waals surface area contributed by atoms with Crippen LogP contribution < -0.4 is 5.32 Å². The first-order valence-electron chi connectivity index (χ1n) is 5.77. The topological polar surface area (TPSA) is 66.4 Å². The quantitative estimate of drug-likeness (QED) is 0.857. The van der Waals surface area contributed by atoms with Gasteiger partial charge in [0.2, 0.25) is 5.91 Å². The lowest BCUT2D eigenvalue weighted by Gasteiger charge is -2.17. The van der Waals surface area contributed by atoms with Gasteiger partial charge in [0.1, 0.15) is 17.7 Å². The predicted molar refractivity (Wildman–Crippen MR) is 64.5 cm³/mol. The van der Waals surface area contributed by atoms with E-state index in [0.717, 1.165) is 12.1 Å². The van der Waals surface area contributed by atoms with E-state index in [2.05, 4.69) is 5.32 Å². The van der Waals surface area contributed by atoms with Crippen LogP contribution in [0.1, 0.15) is 19.4 Å². The number of carbonyl (C=O) groups excluding carboxylic acids is 1. The second kappa shape index (κ2) is 6.26. The summed E-state index contributed by atoms with van der Waals surface area (Å²) >= 11 is 0. The predicted octanol–water partition coefficient (Wildman–Crippen LogP) is 1.73. The van der Waals surface area contributed by atoms with Crippen molar-refractivity contribution in [3.05, 3.63) is 35.4 Å². The fraction of sp³-hybridized carbons (Fsp3) is 0.385. The van der Waals surface area contributed by atoms with Gasteiger partial charge in [0, 0.05) is 6.07 Å². The summed E-state index contributed by atoms with van der Waals surface area (Å²) < 4.78 is 26.0. The summed E-state index contributed by atoms with van der Waals surface area (Å²) in [6.07, 6.45) is -0.331. The molecule has 1 atom stereocenters. The highest BCUT2D eigenvalue weighted by Gasteiger charge is 2.23. The second-order valence-corrected chi connectivity index (χ2v) is 4.54. The van der Waals surface area contributed by atoms with Gasteiger partial charge < -0.3 is 10.4 Å². The van der Waals surface area contributed by atoms with E-state index in [1.165, 1.54) is 0 Å². The summed E-state index contributed by atoms with van der Waals surface area (Å²) in [5.41, 5.74) is 0.0202. The van der Waals surface area contributed by atoms with Gasteiger partial charge in [-0.2, -0.15) is 0 Å². The van der Waals surface area contributed by atoms with E-state index >= 15 is 0 Å². The molecule has 0 heterocycles. The van der Waals surface area contributed by atoms with Crippen LogP contribution in [-0.2, 0) is 16.0 Å². The number of carboxylic acids is 1. The summed E-state index contributed by atoms with van der Waals surface area (Å²) in [5.74, 6) is -3.62. The Bertz CT molecular complexity index is 489. The molecule has 4 nitrogen and oxygen atoms in total. The molecule has 0 aliphatic rings. The van der Waals surface area contributed by atoms with Crippen molar-refractivity contribution in [2.45, 2.75) is 26.3 Å². The van der Waals surface area contributed by atoms with Crippen molar-refractivity contribution in [2.24, 2.45) is 5.92 Å². The number of amides is 1. The highest BCUT2D eigenvalue weighted by molar-refractivity contribution is 5.85. The Morgan fingerprint density at radius 2 is 1.95 bits per heavy atom. The van der Waals surface area contributed by atoms with Crippen LogP contribution in [0.15, 0.2) is 18.2 Å². The molecule has 0 spiro atoms. The lowest BCUT2D eigenvalue weighted by molar-refractivity contribution is -0.143. The number of hydrogen-bond donors (Lipinski definition) is 2. The summed E-state index contributed by atoms with van der Waals surface area (Å²) in [7, 11) is 0. The highest BCUT2D eigenvalue weighted by Crippen LogP contribution is 2.10. The van der Waals surface area contributed by atoms with E-state index in [4.69, 9.17) is 5.11 Å². The Morgan fingerprint density at radius 3 is 2.42 bits per heavy atom. The maximum Gasteiger partial charge on any atom is 0.326 e. The van der Waals surface area contributed by atoms with Crippen LogP contribution in [0, 0.1) is 17.6 Å². The van der Waals surface area contributed by atoms with Gasteiger partial charge in [-0.1, -0.05) is 19.9 Å². The van der Waals surface area contributed by atoms with Crippen LogP contribution in [-0.4, -0.2) is 23.0 Å². The SMILES string of the molecule is CC(C)[C@@H](NC(=O)Cc1ccc(F)cc1F)C(=O)O. The van der Waals surface area contributed by atoms with Gasteiger partial charge in [-0.3, -0.25) is 4.79 Å². The molecule has 0 fully saturated rings. The lowest BCUT2D eigenvalue weighted by atomic mass is 10.0. The van der Waals surface area contributed by atoms with Crippen molar-refractivity contribution in [3.63, 3.8) is 0 Å². The zero-order valence-corrected chi connectivity index (χ0v) is 10.6. The first-order valence-corrected chi connectivity index (χ1v) is 5.77. The molecule has 6 heteroatoms. The number of aliphatic carboxylic acids is 1. The van der Waals surface area contributed by atoms with Crippen molar-refractivity contribution in [1.29, 1.82) is 0 Å². The van der Waals surface area contributed by atoms with E-state index < -0.39 is 29.6 Å². The van der Waals surface area contributed by atoms with E-state index in [1.807, 2.05) is 0 Å². The molecule has 0 aromatic heterocycles. The third-order valence-corrected chi connectivity index (χ3v) is 2.62. The number of halogens is 2. The third kappa shape index (κ3) is 4.31. The average Bonchev–Trinajstić information content (AvgIpc) is 2.29. The third-order valence-electron chi connectivity index (χ3n) is 2.62. The minimum Gasteiger partial charge on any atom is -0.480 e. The molecule has 0 aliphatic carbocycles. The fourth-order valence-electron chi connectivity index (χ4n) is 1.58. The van der Waals surface area contributed by atoms with E-state index in [9.17, 15) is 18.4 Å². The van der Waals surface area contributed by atoms with Crippen molar-refractivity contribution >= 4 is 11.9 Å². The molecule has 0 saturated heterocycles. The Labute approximate surface area is 109 Å². The summed E-state index contributed by atoms with van der Waals surface area (Å²) in [5, 5.41) is 11.2. The summed E-state index contributed by atoms with van der Waals surface area (Å²) in [6, 6.07) is 1.86. The Morgan fingerprint density at radius 1 is 1.32 bits per heavy atom. The summed E-state index contributed by atoms with van der Waals surface area (Å²) in [6.45, 7) is 3.30. The van der Waals surface area contributed by atoms with E-state index in [0.29, 0.717) is 6.07 Å². The lowest BCUT2D eigenvalue weighted by Crippen LogP contribution is -2.44. The van der Waals surface area contributed by atoms with Crippen LogP contribution in [0.25, 0.3) is 0 Å². The molecule has 0 bridgehead atoms. The molecule has 2 N–H and O–H groups in total. The second-order valence-electron chi connectivity index (χ2n) is 4.54. The minimum absolute atomic E-state index is 0.0202. The van der Waals surface area contributed by atoms with Crippen LogP contribution in [0.5, 0.6) is 0 Å². The molecular formula is C13H15F2NO3. The van der Waals surface area contributed by atoms with Gasteiger partial charge in [0.15, 0.2) is 0 Å². The van der Waals surface area contributed by atoms with Gasteiger partial charge in [-0.25, -0.2) is 13.6 Å². The molecule has 0 radical (unpaired) electrons. The monoisotopic (exact) mass is 271 g/mol. The van der Waals surface area contributed by atoms with Crippen LogP contribution >= 0.6 is 0 Å². The van der Waals surface area contributed by atoms with Gasteiger partial charge in [-0.05, 0) is 17.5 Å². The summed E-state index contributed by atoms with van der Waals surface area (Å²) in [4.78, 5) is 22.5. The van der Waals surface area contributed by atoms with Crippen LogP contribution in [0.3, 0.4) is 0 Å². The van der Waals surface area contributed by atoms with Crippen molar-refractivity contribution < 1.29 is 23.5 Å². The number of carboxylic acid groups (broad SMARTS) is 1. The molecule has 104 valence electrons. The van der Waals surface area contributed by atoms with Crippen LogP contribution in [0.2, 0.25) is 0 Å². The molecule has 1 rings (SSSR count). The largest absolute Gasteiger partial charge is 0.480 e. The van der Waals surface area contributed by atoms with Crippen molar-refractivity contribution in [1.82, 2.24) is 5.32 Å². The zero-order valence-electron chi connectivity index (χ0n) is 10.6. The first kappa shape index (κ1) is 15.1. The number of benzene rings is 1. The molecule has 0 saturated carbocycles. The normalized spacial score (nSPS) is 12.3. The number of hydrogen-bond acceptors (Lipinski definition) is 2. The maximum atomic E-state index is 13.3. The van der Waals surface area contributed by atoms with E-state index in [1.54, 1.807) is 13.8 Å². The van der Waals surface area contributed by atoms with Gasteiger partial charge >= 0.3 is 5.97 Å². The zero-order chi connectivity index (χ0) is 14.6. The Hall–Kier alpha value is -1.98. The Balaban J connectivity index is 2.72. The van der Waals surface area contributed by atoms with E-state index in [-0.39, 0.29) is 17.9 Å². The molecule has 1 amide bonds. The number of rotatable bonds is 5. The molecule has 1 aromatic rings. The maximum absolute atomic E-state index is 13.3. The minimum atomic E-state index is -1.15. The molecule has 0 unspecified atom stereocenters. The molecule has 1 aromatic carbocycles. The fourth-order valence-corrected chi connectivity index (χ4v) is 1.58. The van der Waals surface area contributed by atoms with Crippen molar-refractivity contribution in [3.8, 4) is 0 Å². The van der Waals surface area contributed by atoms with Gasteiger partial charge in [0.05, 0.1) is 6.42 Å².